The molecule has 10 nitrogen and oxygen atoms in total. The lowest BCUT2D eigenvalue weighted by Crippen LogP contribution is -2.20. The van der Waals surface area contributed by atoms with Gasteiger partial charge in [0.2, 0.25) is 0 Å². The SMILES string of the molecule is COc1cc2ncc3nnc(-c4ccc(NC(=O)Nc5ccc(F)c(F)c5)c(F)c4)n3c2cc1C(N)=O. The number of carbonyl (C=O) groups is 2. The average Bonchev–Trinajstić information content (AvgIpc) is 3.31. The number of methoxy groups -OCH3 is 1. The van der Waals surface area contributed by atoms with Crippen molar-refractivity contribution in [3.63, 3.8) is 0 Å². The summed E-state index contributed by atoms with van der Waals surface area (Å²) < 4.78 is 48.2. The number of nitrogens with zero attached hydrogens (tertiary/aromatic N) is 4. The zero-order valence-electron chi connectivity index (χ0n) is 18.9. The van der Waals surface area contributed by atoms with E-state index in [9.17, 15) is 22.8 Å². The number of hydrogen-bond acceptors (Lipinski definition) is 6. The molecular formula is C24H16F3N7O3. The largest absolute Gasteiger partial charge is 0.496 e. The van der Waals surface area contributed by atoms with E-state index in [2.05, 4.69) is 25.8 Å². The number of halogens is 3. The van der Waals surface area contributed by atoms with Gasteiger partial charge in [0.25, 0.3) is 5.91 Å². The molecule has 4 N–H and O–H groups in total. The van der Waals surface area contributed by atoms with Crippen LogP contribution in [0.5, 0.6) is 5.75 Å². The lowest BCUT2D eigenvalue weighted by Gasteiger charge is -2.11. The molecule has 0 unspecified atom stereocenters. The maximum absolute atomic E-state index is 14.9. The monoisotopic (exact) mass is 507 g/mol. The van der Waals surface area contributed by atoms with E-state index in [1.54, 1.807) is 4.40 Å². The van der Waals surface area contributed by atoms with Gasteiger partial charge in [0, 0.05) is 23.4 Å². The number of amides is 3. The molecule has 3 aromatic carbocycles. The smallest absolute Gasteiger partial charge is 0.323 e. The quantitative estimate of drug-likeness (QED) is 0.328. The van der Waals surface area contributed by atoms with E-state index >= 15 is 0 Å². The molecule has 5 aromatic rings. The molecule has 0 saturated heterocycles. The Morgan fingerprint density at radius 3 is 2.46 bits per heavy atom. The first-order valence-corrected chi connectivity index (χ1v) is 10.6. The van der Waals surface area contributed by atoms with Crippen LogP contribution in [0.15, 0.2) is 54.7 Å². The summed E-state index contributed by atoms with van der Waals surface area (Å²) in [4.78, 5) is 28.5. The number of fused-ring (bicyclic) bond motifs is 3. The standard InChI is InChI=1S/C24H16F3N7O3/c1-37-20-9-18-19(8-13(20)22(28)35)34-21(10-29-18)32-33-23(34)11-2-5-17(16(27)6-11)31-24(36)30-12-3-4-14(25)15(26)7-12/h2-10H,1H3,(H2,28,35)(H2,30,31,36). The average molecular weight is 507 g/mol. The zero-order valence-corrected chi connectivity index (χ0v) is 18.9. The Morgan fingerprint density at radius 1 is 0.946 bits per heavy atom. The number of rotatable bonds is 5. The Bertz CT molecular complexity index is 1720. The second-order valence-electron chi connectivity index (χ2n) is 7.78. The number of primary amides is 1. The van der Waals surface area contributed by atoms with Crippen molar-refractivity contribution >= 4 is 40.0 Å². The first-order valence-electron chi connectivity index (χ1n) is 10.6. The van der Waals surface area contributed by atoms with Crippen LogP contribution in [0.3, 0.4) is 0 Å². The summed E-state index contributed by atoms with van der Waals surface area (Å²) in [6, 6.07) is 8.90. The molecule has 0 saturated carbocycles. The Morgan fingerprint density at radius 2 is 1.76 bits per heavy atom. The first-order chi connectivity index (χ1) is 17.7. The molecule has 186 valence electrons. The molecule has 0 fully saturated rings. The van der Waals surface area contributed by atoms with Crippen molar-refractivity contribution in [3.05, 3.63) is 77.7 Å². The van der Waals surface area contributed by atoms with Gasteiger partial charge < -0.3 is 21.1 Å². The molecule has 13 heteroatoms. The molecule has 0 aliphatic heterocycles. The third-order valence-corrected chi connectivity index (χ3v) is 5.46. The van der Waals surface area contributed by atoms with E-state index in [1.165, 1.54) is 37.6 Å². The molecule has 0 spiro atoms. The van der Waals surface area contributed by atoms with Gasteiger partial charge in [-0.2, -0.15) is 0 Å². The second kappa shape index (κ2) is 9.11. The van der Waals surface area contributed by atoms with Crippen molar-refractivity contribution in [1.82, 2.24) is 19.6 Å². The molecule has 0 aliphatic carbocycles. The van der Waals surface area contributed by atoms with Crippen LogP contribution in [0.2, 0.25) is 0 Å². The summed E-state index contributed by atoms with van der Waals surface area (Å²) in [5.41, 5.74) is 6.92. The number of nitrogens with one attached hydrogen (secondary N) is 2. The topological polar surface area (TPSA) is 137 Å². The maximum Gasteiger partial charge on any atom is 0.323 e. The third-order valence-electron chi connectivity index (χ3n) is 5.46. The summed E-state index contributed by atoms with van der Waals surface area (Å²) in [6.45, 7) is 0. The lowest BCUT2D eigenvalue weighted by atomic mass is 10.1. The summed E-state index contributed by atoms with van der Waals surface area (Å²) in [6.07, 6.45) is 1.46. The summed E-state index contributed by atoms with van der Waals surface area (Å²) in [5.74, 6) is -3.24. The van der Waals surface area contributed by atoms with Gasteiger partial charge in [0.1, 0.15) is 11.6 Å². The highest BCUT2D eigenvalue weighted by Gasteiger charge is 2.18. The molecule has 0 bridgehead atoms. The Kier molecular flexibility index (Phi) is 5.79. The summed E-state index contributed by atoms with van der Waals surface area (Å²) >= 11 is 0. The lowest BCUT2D eigenvalue weighted by molar-refractivity contribution is 0.0997. The van der Waals surface area contributed by atoms with Crippen LogP contribution in [0.1, 0.15) is 10.4 Å². The number of urea groups is 1. The minimum Gasteiger partial charge on any atom is -0.496 e. The van der Waals surface area contributed by atoms with Gasteiger partial charge in [-0.1, -0.05) is 0 Å². The Labute approximate surface area is 205 Å². The minimum absolute atomic E-state index is 0.0178. The third kappa shape index (κ3) is 4.33. The number of carbonyl (C=O) groups excluding carboxylic acids is 2. The van der Waals surface area contributed by atoms with E-state index in [0.717, 1.165) is 24.3 Å². The fourth-order valence-corrected chi connectivity index (χ4v) is 3.75. The van der Waals surface area contributed by atoms with Gasteiger partial charge in [0.15, 0.2) is 23.1 Å². The fourth-order valence-electron chi connectivity index (χ4n) is 3.75. The predicted molar refractivity (Wildman–Crippen MR) is 128 cm³/mol. The van der Waals surface area contributed by atoms with Crippen molar-refractivity contribution in [2.75, 3.05) is 17.7 Å². The number of ether oxygens (including phenoxy) is 1. The highest BCUT2D eigenvalue weighted by molar-refractivity contribution is 6.01. The van der Waals surface area contributed by atoms with Crippen molar-refractivity contribution in [2.45, 2.75) is 0 Å². The number of anilines is 2. The van der Waals surface area contributed by atoms with Crippen molar-refractivity contribution in [3.8, 4) is 17.1 Å². The molecular weight excluding hydrogens is 491 g/mol. The van der Waals surface area contributed by atoms with Crippen LogP contribution in [-0.2, 0) is 0 Å². The highest BCUT2D eigenvalue weighted by atomic mass is 19.2. The fraction of sp³-hybridized carbons (Fsp3) is 0.0417. The molecule has 3 amide bonds. The Balaban J connectivity index is 1.49. The number of aromatic nitrogens is 4. The van der Waals surface area contributed by atoms with E-state index in [1.807, 2.05) is 0 Å². The van der Waals surface area contributed by atoms with E-state index in [-0.39, 0.29) is 28.5 Å². The molecule has 2 heterocycles. The van der Waals surface area contributed by atoms with Gasteiger partial charge in [-0.3, -0.25) is 14.2 Å². The normalized spacial score (nSPS) is 11.0. The number of nitrogens with two attached hydrogens (primary N) is 1. The predicted octanol–water partition coefficient (Wildman–Crippen LogP) is 4.11. The summed E-state index contributed by atoms with van der Waals surface area (Å²) in [7, 11) is 1.40. The molecule has 0 radical (unpaired) electrons. The minimum atomic E-state index is -1.14. The van der Waals surface area contributed by atoms with Crippen molar-refractivity contribution in [1.29, 1.82) is 0 Å². The van der Waals surface area contributed by atoms with Crippen LogP contribution in [0, 0.1) is 17.5 Å². The van der Waals surface area contributed by atoms with Gasteiger partial charge in [-0.15, -0.1) is 10.2 Å². The van der Waals surface area contributed by atoms with Crippen LogP contribution in [0.4, 0.5) is 29.3 Å². The van der Waals surface area contributed by atoms with Crippen LogP contribution in [0.25, 0.3) is 28.1 Å². The van der Waals surface area contributed by atoms with Gasteiger partial charge >= 0.3 is 6.03 Å². The van der Waals surface area contributed by atoms with E-state index < -0.39 is 29.4 Å². The van der Waals surface area contributed by atoms with Crippen molar-refractivity contribution in [2.24, 2.45) is 5.73 Å². The Hall–Kier alpha value is -5.20. The zero-order chi connectivity index (χ0) is 26.3. The molecule has 0 atom stereocenters. The van der Waals surface area contributed by atoms with Gasteiger partial charge in [-0.05, 0) is 36.4 Å². The highest BCUT2D eigenvalue weighted by Crippen LogP contribution is 2.29. The molecule has 2 aromatic heterocycles. The molecule has 37 heavy (non-hydrogen) atoms. The maximum atomic E-state index is 14.9. The van der Waals surface area contributed by atoms with Crippen LogP contribution >= 0.6 is 0 Å². The van der Waals surface area contributed by atoms with E-state index in [4.69, 9.17) is 10.5 Å². The van der Waals surface area contributed by atoms with Crippen LogP contribution in [-0.4, -0.2) is 38.6 Å². The second-order valence-corrected chi connectivity index (χ2v) is 7.78. The van der Waals surface area contributed by atoms with Crippen molar-refractivity contribution < 1.29 is 27.5 Å². The molecule has 0 aliphatic rings. The first kappa shape index (κ1) is 23.5. The number of benzene rings is 3. The van der Waals surface area contributed by atoms with Crippen LogP contribution < -0.4 is 21.1 Å². The van der Waals surface area contributed by atoms with E-state index in [0.29, 0.717) is 22.2 Å². The summed E-state index contributed by atoms with van der Waals surface area (Å²) in [5, 5.41) is 12.8. The van der Waals surface area contributed by atoms with Gasteiger partial charge in [0.05, 0.1) is 35.6 Å². The van der Waals surface area contributed by atoms with Gasteiger partial charge in [-0.25, -0.2) is 18.0 Å². The molecule has 5 rings (SSSR count). The number of hydrogen-bond donors (Lipinski definition) is 3.